The molecule has 0 heterocycles. The Hall–Kier alpha value is -2.30. The summed E-state index contributed by atoms with van der Waals surface area (Å²) in [5.74, 6) is 10.7. The fraction of sp³-hybridized carbons (Fsp3) is 0.800. The highest BCUT2D eigenvalue weighted by atomic mass is 32.2. The van der Waals surface area contributed by atoms with Gasteiger partial charge in [-0.1, -0.05) is 192 Å². The van der Waals surface area contributed by atoms with Gasteiger partial charge >= 0.3 is 0 Å². The van der Waals surface area contributed by atoms with Crippen LogP contribution in [0, 0.1) is 118 Å². The Bertz CT molecular complexity index is 2710. The van der Waals surface area contributed by atoms with Crippen molar-refractivity contribution in [2.24, 2.45) is 105 Å². The van der Waals surface area contributed by atoms with Gasteiger partial charge in [0.05, 0.1) is 35.2 Å². The summed E-state index contributed by atoms with van der Waals surface area (Å²) in [5, 5.41) is 0. The summed E-state index contributed by atoms with van der Waals surface area (Å²) in [6.07, 6.45) is 42.1. The molecule has 0 aliphatic heterocycles. The third-order valence-electron chi connectivity index (χ3n) is 27.4. The van der Waals surface area contributed by atoms with E-state index in [-0.39, 0.29) is 46.0 Å². The van der Waals surface area contributed by atoms with E-state index in [1.807, 2.05) is 38.1 Å². The van der Waals surface area contributed by atoms with E-state index in [4.69, 9.17) is 13.1 Å². The van der Waals surface area contributed by atoms with Crippen molar-refractivity contribution in [2.45, 2.75) is 298 Å². The Morgan fingerprint density at radius 1 is 0.438 bits per heavy atom. The summed E-state index contributed by atoms with van der Waals surface area (Å²) >= 11 is 0. The van der Waals surface area contributed by atoms with Crippen LogP contribution in [0.2, 0.25) is 0 Å². The largest absolute Gasteiger partial charge is 0.374 e. The van der Waals surface area contributed by atoms with E-state index in [9.17, 15) is 16.8 Å². The molecule has 0 N–H and O–H groups in total. The van der Waals surface area contributed by atoms with Gasteiger partial charge in [0.2, 0.25) is 0 Å². The zero-order valence-corrected chi connectivity index (χ0v) is 59.9. The lowest BCUT2D eigenvalue weighted by molar-refractivity contribution is -0.104. The molecule has 500 valence electrons. The first-order valence-corrected chi connectivity index (χ1v) is 40.1. The molecule has 8 unspecified atom stereocenters. The maximum Gasteiger partial charge on any atom is 0.296 e. The van der Waals surface area contributed by atoms with Crippen molar-refractivity contribution in [1.29, 1.82) is 0 Å². The number of unbranched alkanes of at least 4 members (excludes halogenated alkanes) is 4. The fourth-order valence-electron chi connectivity index (χ4n) is 22.2. The number of rotatable bonds is 30. The third kappa shape index (κ3) is 15.4. The van der Waals surface area contributed by atoms with Crippen molar-refractivity contribution < 1.29 is 29.9 Å². The number of ether oxygens (including phenoxy) is 1. The van der Waals surface area contributed by atoms with Gasteiger partial charge in [0.15, 0.2) is 0 Å². The van der Waals surface area contributed by atoms with Crippen LogP contribution in [0.5, 0.6) is 0 Å². The van der Waals surface area contributed by atoms with Crippen molar-refractivity contribution in [3.63, 3.8) is 0 Å². The molecule has 18 atom stereocenters. The summed E-state index contributed by atoms with van der Waals surface area (Å²) in [7, 11) is -7.64. The van der Waals surface area contributed by atoms with Crippen molar-refractivity contribution >= 4 is 20.2 Å². The van der Waals surface area contributed by atoms with Crippen molar-refractivity contribution in [3.05, 3.63) is 83.0 Å². The van der Waals surface area contributed by atoms with Gasteiger partial charge in [-0.25, -0.2) is 0 Å². The van der Waals surface area contributed by atoms with Crippen molar-refractivity contribution in [3.8, 4) is 0 Å². The minimum Gasteiger partial charge on any atom is -0.374 e. The molecule has 10 rings (SSSR count). The van der Waals surface area contributed by atoms with Crippen LogP contribution in [0.25, 0.3) is 0 Å². The smallest absolute Gasteiger partial charge is 0.296 e. The highest BCUT2D eigenvalue weighted by Gasteiger charge is 2.61. The highest BCUT2D eigenvalue weighted by Crippen LogP contribution is 2.70. The van der Waals surface area contributed by atoms with Crippen LogP contribution in [-0.4, -0.2) is 42.3 Å². The molecule has 0 bridgehead atoms. The lowest BCUT2D eigenvalue weighted by Gasteiger charge is -2.59. The second kappa shape index (κ2) is 29.4. The fourth-order valence-corrected chi connectivity index (χ4v) is 24.1. The van der Waals surface area contributed by atoms with Crippen LogP contribution < -0.4 is 0 Å². The van der Waals surface area contributed by atoms with Gasteiger partial charge < -0.3 is 4.74 Å². The molecule has 2 aromatic rings. The predicted octanol–water partition coefficient (Wildman–Crippen LogP) is 21.6. The number of allylic oxidation sites excluding steroid dienone is 4. The first-order valence-electron chi connectivity index (χ1n) is 37.3. The lowest BCUT2D eigenvalue weighted by atomic mass is 9.46. The molecular formula is C80H126O7S2. The summed E-state index contributed by atoms with van der Waals surface area (Å²) in [6.45, 7) is 29.9. The van der Waals surface area contributed by atoms with Gasteiger partial charge in [-0.05, 0) is 271 Å². The van der Waals surface area contributed by atoms with Crippen LogP contribution in [0.4, 0.5) is 0 Å². The Morgan fingerprint density at radius 3 is 1.21 bits per heavy atom. The van der Waals surface area contributed by atoms with Crippen LogP contribution in [0.3, 0.4) is 0 Å². The van der Waals surface area contributed by atoms with E-state index in [0.717, 1.165) is 134 Å². The molecular weight excluding hydrogens is 1140 g/mol. The molecule has 8 aliphatic rings. The topological polar surface area (TPSA) is 96.0 Å². The van der Waals surface area contributed by atoms with Crippen LogP contribution in [0.1, 0.15) is 273 Å². The predicted molar refractivity (Wildman–Crippen MR) is 367 cm³/mol. The number of hydrogen-bond donors (Lipinski definition) is 0. The van der Waals surface area contributed by atoms with Gasteiger partial charge in [-0.15, -0.1) is 0 Å². The summed E-state index contributed by atoms with van der Waals surface area (Å²) in [6, 6.07) is 13.9. The van der Waals surface area contributed by atoms with Crippen molar-refractivity contribution in [2.75, 3.05) is 13.2 Å². The molecule has 0 saturated heterocycles. The zero-order valence-electron chi connectivity index (χ0n) is 58.3. The molecule has 0 aromatic heterocycles. The molecule has 8 aliphatic carbocycles. The van der Waals surface area contributed by atoms with Gasteiger partial charge in [0.25, 0.3) is 20.2 Å². The average Bonchev–Trinajstić information content (AvgIpc) is 1.77. The number of benzene rings is 2. The number of hydrogen-bond acceptors (Lipinski definition) is 7. The molecule has 0 spiro atoms. The molecule has 7 nitrogen and oxygen atoms in total. The van der Waals surface area contributed by atoms with E-state index >= 15 is 0 Å². The monoisotopic (exact) mass is 1260 g/mol. The number of aryl methyl sites for hydroxylation is 2. The van der Waals surface area contributed by atoms with Crippen molar-refractivity contribution in [1.82, 2.24) is 0 Å². The van der Waals surface area contributed by atoms with E-state index in [0.29, 0.717) is 35.5 Å². The highest BCUT2D eigenvalue weighted by molar-refractivity contribution is 7.87. The second-order valence-corrected chi connectivity index (χ2v) is 36.9. The lowest BCUT2D eigenvalue weighted by Crippen LogP contribution is -2.51. The van der Waals surface area contributed by atoms with Gasteiger partial charge in [0.1, 0.15) is 0 Å². The van der Waals surface area contributed by atoms with E-state index < -0.39 is 20.2 Å². The summed E-state index contributed by atoms with van der Waals surface area (Å²) in [5.41, 5.74) is 6.98. The summed E-state index contributed by atoms with van der Waals surface area (Å²) < 4.78 is 72.3. The first kappa shape index (κ1) is 69.5. The van der Waals surface area contributed by atoms with Crippen LogP contribution in [-0.2, 0) is 33.3 Å². The Kier molecular flexibility index (Phi) is 22.9. The minimum atomic E-state index is -3.82. The molecule has 89 heavy (non-hydrogen) atoms. The Labute approximate surface area is 545 Å². The van der Waals surface area contributed by atoms with E-state index in [1.165, 1.54) is 128 Å². The van der Waals surface area contributed by atoms with E-state index in [2.05, 4.69) is 81.4 Å². The minimum absolute atomic E-state index is 0.114. The van der Waals surface area contributed by atoms with E-state index in [1.54, 1.807) is 35.4 Å². The standard InChI is InChI=1S/C80H126O7S2/c1-55(2)21-19-23-59(7)69-39-41-71-67-37-31-63-53-61(43-47-77(63,9)73(67)45-49-79(69,71)11)75(25-15-13-17-51-85-88(81,82)65-33-27-57(5)28-34-65)87-76(26-16-14-18-52-86-89(83,84)66-35-29-58(6)30-36-66)62-44-48-78(10)64(54-62)32-38-68-72-42-40-70(60(8)24-20-22-56(3)4)80(72,12)50-46-74(68)78/h27-36,55-56,59-62,67-76H,13-26,37-54H2,1-12H3/t59-,60-,61+,62+,67?,68?,69-,70-,71?,72?,73?,74?,75?,76?,77+,78+,79-,80-/m1/s1. The molecule has 9 heteroatoms. The quantitative estimate of drug-likeness (QED) is 0.0437. The Morgan fingerprint density at radius 2 is 0.831 bits per heavy atom. The molecule has 6 saturated carbocycles. The third-order valence-corrected chi connectivity index (χ3v) is 30.1. The summed E-state index contributed by atoms with van der Waals surface area (Å²) in [4.78, 5) is 0.445. The van der Waals surface area contributed by atoms with Crippen LogP contribution in [0.15, 0.2) is 81.6 Å². The Balaban J connectivity index is 0.862. The first-order chi connectivity index (χ1) is 42.4. The molecule has 0 radical (unpaired) electrons. The second-order valence-electron chi connectivity index (χ2n) is 33.7. The maximum absolute atomic E-state index is 13.2. The van der Waals surface area contributed by atoms with Crippen LogP contribution >= 0.6 is 0 Å². The molecule has 6 fully saturated rings. The van der Waals surface area contributed by atoms with Gasteiger partial charge in [-0.3, -0.25) is 8.37 Å². The van der Waals surface area contributed by atoms with Gasteiger partial charge in [0, 0.05) is 0 Å². The molecule has 2 aromatic carbocycles. The van der Waals surface area contributed by atoms with Gasteiger partial charge in [-0.2, -0.15) is 16.8 Å². The number of fused-ring (bicyclic) bond motifs is 10. The zero-order chi connectivity index (χ0) is 63.5. The molecule has 0 amide bonds. The normalized spacial score (nSPS) is 34.9. The average molecular weight is 1260 g/mol. The SMILES string of the molecule is Cc1ccc(S(=O)(=O)OCCCCCC(OC(CCCCCOS(=O)(=O)c2ccc(C)cc2)[C@H]2CC[C@@]3(C)C(=CCC4C3CC[C@@]3(C)C4CC[C@@H]3[C@H](C)CCCC(C)C)C2)[C@H]2CC[C@@]3(C)C(=CCC4C3CC[C@@]3(C)C4CC[C@@H]3[C@H](C)CCCC(C)C)C2)cc1. The maximum atomic E-state index is 13.2.